The topological polar surface area (TPSA) is 80.5 Å². The molecule has 1 saturated heterocycles. The van der Waals surface area contributed by atoms with Crippen molar-refractivity contribution in [2.24, 2.45) is 0 Å². The van der Waals surface area contributed by atoms with Crippen molar-refractivity contribution in [3.8, 4) is 0 Å². The van der Waals surface area contributed by atoms with Gasteiger partial charge in [0.25, 0.3) is 0 Å². The van der Waals surface area contributed by atoms with E-state index < -0.39 is 6.04 Å². The molecule has 220 valence electrons. The zero-order valence-corrected chi connectivity index (χ0v) is 25.0. The number of aromatic amines is 1. The number of para-hydroxylation sites is 1. The number of urea groups is 1. The third kappa shape index (κ3) is 6.85. The van der Waals surface area contributed by atoms with E-state index in [9.17, 15) is 9.59 Å². The zero-order valence-electron chi connectivity index (χ0n) is 25.0. The Hall–Kier alpha value is -4.10. The maximum atomic E-state index is 13.9. The zero-order chi connectivity index (χ0) is 29.5. The SMILES string of the molecule is CCN(CC)Cc1cccc(NC(=O)[C@H](NC(=O)N2CCC(c3ccccc3)CC2)[C@H](C)c2c[nH]c3ccccc23)c1. The number of likely N-dealkylation sites (tertiary alicyclic amines) is 1. The summed E-state index contributed by atoms with van der Waals surface area (Å²) < 4.78 is 0. The number of aromatic nitrogens is 1. The molecular formula is C35H43N5O2. The Morgan fingerprint density at radius 3 is 2.40 bits per heavy atom. The number of hydrogen-bond donors (Lipinski definition) is 3. The van der Waals surface area contributed by atoms with E-state index in [0.717, 1.165) is 60.2 Å². The first kappa shape index (κ1) is 29.4. The fourth-order valence-corrected chi connectivity index (χ4v) is 6.11. The van der Waals surface area contributed by atoms with Crippen LogP contribution in [0.25, 0.3) is 10.9 Å². The number of anilines is 1. The highest BCUT2D eigenvalue weighted by Crippen LogP contribution is 2.30. The predicted molar refractivity (Wildman–Crippen MR) is 171 cm³/mol. The van der Waals surface area contributed by atoms with Gasteiger partial charge in [0, 0.05) is 48.3 Å². The van der Waals surface area contributed by atoms with Crippen LogP contribution in [0.2, 0.25) is 0 Å². The normalized spacial score (nSPS) is 15.5. The van der Waals surface area contributed by atoms with Gasteiger partial charge in [0.05, 0.1) is 0 Å². The second kappa shape index (κ2) is 13.7. The van der Waals surface area contributed by atoms with Gasteiger partial charge in [0.2, 0.25) is 5.91 Å². The van der Waals surface area contributed by atoms with E-state index in [1.165, 1.54) is 5.56 Å². The van der Waals surface area contributed by atoms with Crippen LogP contribution >= 0.6 is 0 Å². The van der Waals surface area contributed by atoms with Crippen molar-refractivity contribution in [3.05, 3.63) is 102 Å². The lowest BCUT2D eigenvalue weighted by Crippen LogP contribution is -2.53. The van der Waals surface area contributed by atoms with Gasteiger partial charge in [-0.05, 0) is 66.7 Å². The molecule has 2 heterocycles. The van der Waals surface area contributed by atoms with Gasteiger partial charge in [-0.2, -0.15) is 0 Å². The van der Waals surface area contributed by atoms with Crippen LogP contribution in [0, 0.1) is 0 Å². The van der Waals surface area contributed by atoms with E-state index in [1.54, 1.807) is 0 Å². The summed E-state index contributed by atoms with van der Waals surface area (Å²) in [5, 5.41) is 7.31. The molecular weight excluding hydrogens is 522 g/mol. The minimum absolute atomic E-state index is 0.191. The highest BCUT2D eigenvalue weighted by atomic mass is 16.2. The van der Waals surface area contributed by atoms with Crippen LogP contribution in [0.1, 0.15) is 62.1 Å². The molecule has 7 heteroatoms. The van der Waals surface area contributed by atoms with Crippen molar-refractivity contribution >= 4 is 28.5 Å². The summed E-state index contributed by atoms with van der Waals surface area (Å²) in [5.74, 6) is -0.0331. The third-order valence-electron chi connectivity index (χ3n) is 8.72. The van der Waals surface area contributed by atoms with Crippen molar-refractivity contribution in [1.29, 1.82) is 0 Å². The number of nitrogens with one attached hydrogen (secondary N) is 3. The maximum absolute atomic E-state index is 13.9. The lowest BCUT2D eigenvalue weighted by molar-refractivity contribution is -0.118. The number of hydrogen-bond acceptors (Lipinski definition) is 3. The fourth-order valence-electron chi connectivity index (χ4n) is 6.11. The lowest BCUT2D eigenvalue weighted by Gasteiger charge is -2.34. The second-order valence-corrected chi connectivity index (χ2v) is 11.3. The summed E-state index contributed by atoms with van der Waals surface area (Å²) >= 11 is 0. The Morgan fingerprint density at radius 1 is 0.952 bits per heavy atom. The van der Waals surface area contributed by atoms with E-state index in [0.29, 0.717) is 19.0 Å². The number of fused-ring (bicyclic) bond motifs is 1. The van der Waals surface area contributed by atoms with Crippen LogP contribution in [-0.2, 0) is 11.3 Å². The van der Waals surface area contributed by atoms with Crippen LogP contribution in [0.3, 0.4) is 0 Å². The first-order chi connectivity index (χ1) is 20.5. The monoisotopic (exact) mass is 565 g/mol. The summed E-state index contributed by atoms with van der Waals surface area (Å²) in [7, 11) is 0. The number of nitrogens with zero attached hydrogens (tertiary/aromatic N) is 2. The van der Waals surface area contributed by atoms with Crippen molar-refractivity contribution < 1.29 is 9.59 Å². The summed E-state index contributed by atoms with van der Waals surface area (Å²) in [5.41, 5.74) is 5.22. The number of rotatable bonds is 10. The van der Waals surface area contributed by atoms with E-state index in [1.807, 2.05) is 60.5 Å². The number of H-pyrrole nitrogens is 1. The molecule has 0 aliphatic carbocycles. The van der Waals surface area contributed by atoms with Gasteiger partial charge in [-0.15, -0.1) is 0 Å². The molecule has 0 unspecified atom stereocenters. The molecule has 1 aliphatic heterocycles. The van der Waals surface area contributed by atoms with E-state index in [4.69, 9.17) is 0 Å². The average molecular weight is 566 g/mol. The lowest BCUT2D eigenvalue weighted by atomic mass is 9.89. The first-order valence-corrected chi connectivity index (χ1v) is 15.2. The fraction of sp³-hybridized carbons (Fsp3) is 0.371. The van der Waals surface area contributed by atoms with Gasteiger partial charge in [-0.25, -0.2) is 4.79 Å². The molecule has 2 atom stereocenters. The third-order valence-corrected chi connectivity index (χ3v) is 8.72. The summed E-state index contributed by atoms with van der Waals surface area (Å²) in [6.45, 7) is 10.4. The van der Waals surface area contributed by atoms with Crippen molar-refractivity contribution in [3.63, 3.8) is 0 Å². The first-order valence-electron chi connectivity index (χ1n) is 15.2. The predicted octanol–water partition coefficient (Wildman–Crippen LogP) is 6.71. The van der Waals surface area contributed by atoms with Crippen LogP contribution in [0.15, 0.2) is 85.1 Å². The molecule has 0 bridgehead atoms. The molecule has 3 aromatic carbocycles. The summed E-state index contributed by atoms with van der Waals surface area (Å²) in [6.07, 6.45) is 3.77. The van der Waals surface area contributed by atoms with Gasteiger partial charge in [-0.3, -0.25) is 9.69 Å². The van der Waals surface area contributed by atoms with Gasteiger partial charge in [-0.1, -0.05) is 81.4 Å². The van der Waals surface area contributed by atoms with Gasteiger partial charge in [0.1, 0.15) is 6.04 Å². The molecule has 0 saturated carbocycles. The highest BCUT2D eigenvalue weighted by Gasteiger charge is 2.32. The number of piperidine rings is 1. The van der Waals surface area contributed by atoms with Crippen LogP contribution in [0.5, 0.6) is 0 Å². The quantitative estimate of drug-likeness (QED) is 0.200. The van der Waals surface area contributed by atoms with Crippen molar-refractivity contribution in [2.45, 2.75) is 58.0 Å². The highest BCUT2D eigenvalue weighted by molar-refractivity contribution is 5.98. The molecule has 1 fully saturated rings. The summed E-state index contributed by atoms with van der Waals surface area (Å²) in [4.78, 5) is 35.0. The molecule has 3 N–H and O–H groups in total. The maximum Gasteiger partial charge on any atom is 0.318 e. The molecule has 0 spiro atoms. The van der Waals surface area contributed by atoms with Crippen molar-refractivity contribution in [2.75, 3.05) is 31.5 Å². The molecule has 1 aliphatic rings. The summed E-state index contributed by atoms with van der Waals surface area (Å²) in [6, 6.07) is 25.6. The molecule has 0 radical (unpaired) electrons. The average Bonchev–Trinajstić information content (AvgIpc) is 3.47. The second-order valence-electron chi connectivity index (χ2n) is 11.3. The molecule has 3 amide bonds. The van der Waals surface area contributed by atoms with Gasteiger partial charge < -0.3 is 20.5 Å². The molecule has 4 aromatic rings. The van der Waals surface area contributed by atoms with Gasteiger partial charge in [0.15, 0.2) is 0 Å². The van der Waals surface area contributed by atoms with E-state index >= 15 is 0 Å². The molecule has 42 heavy (non-hydrogen) atoms. The largest absolute Gasteiger partial charge is 0.361 e. The molecule has 5 rings (SSSR count). The Kier molecular flexibility index (Phi) is 9.59. The Labute approximate surface area is 249 Å². The van der Waals surface area contributed by atoms with Crippen LogP contribution in [0.4, 0.5) is 10.5 Å². The van der Waals surface area contributed by atoms with Crippen LogP contribution < -0.4 is 10.6 Å². The van der Waals surface area contributed by atoms with E-state index in [2.05, 4.69) is 70.8 Å². The van der Waals surface area contributed by atoms with E-state index in [-0.39, 0.29) is 17.9 Å². The molecule has 7 nitrogen and oxygen atoms in total. The Morgan fingerprint density at radius 2 is 1.67 bits per heavy atom. The van der Waals surface area contributed by atoms with Gasteiger partial charge >= 0.3 is 6.03 Å². The standard InChI is InChI=1S/C35H43N5O2/c1-4-39(5-2)24-26-12-11-15-29(22-26)37-34(41)33(25(3)31-23-36-32-17-10-9-16-30(31)32)38-35(42)40-20-18-28(19-21-40)27-13-7-6-8-14-27/h6-17,22-23,25,28,33,36H,4-5,18-21,24H2,1-3H3,(H,37,41)(H,38,42)/t25-,33-/m1/s1. The number of carbonyl (C=O) groups is 2. The molecule has 1 aromatic heterocycles. The minimum atomic E-state index is -0.755. The van der Waals surface area contributed by atoms with Crippen molar-refractivity contribution in [1.82, 2.24) is 20.1 Å². The van der Waals surface area contributed by atoms with Crippen LogP contribution in [-0.4, -0.2) is 58.9 Å². The number of amides is 3. The number of carbonyl (C=O) groups excluding carboxylic acids is 2. The Bertz CT molecular complexity index is 1470. The number of benzene rings is 3. The minimum Gasteiger partial charge on any atom is -0.361 e. The Balaban J connectivity index is 1.33. The smallest absolute Gasteiger partial charge is 0.318 e.